The quantitative estimate of drug-likeness (QED) is 0.873. The van der Waals surface area contributed by atoms with Crippen LogP contribution in [0.5, 0.6) is 11.5 Å². The van der Waals surface area contributed by atoms with E-state index in [-0.39, 0.29) is 0 Å². The van der Waals surface area contributed by atoms with Crippen LogP contribution in [0.25, 0.3) is 0 Å². The zero-order chi connectivity index (χ0) is 12.1. The Morgan fingerprint density at radius 3 is 2.65 bits per heavy atom. The molecule has 17 heavy (non-hydrogen) atoms. The molecule has 0 saturated heterocycles. The number of benzene rings is 1. The standard InChI is InChI=1S/C14H16N2O/c1-11-13(8-5-9-16-11)17-14-7-4-3-6-12(14)10-15-2/h3-9,15H,10H2,1-2H3. The molecule has 0 radical (unpaired) electrons. The molecule has 0 unspecified atom stereocenters. The minimum atomic E-state index is 0.787. The maximum atomic E-state index is 5.89. The van der Waals surface area contributed by atoms with E-state index in [9.17, 15) is 0 Å². The first kappa shape index (κ1) is 11.6. The van der Waals surface area contributed by atoms with Gasteiger partial charge in [-0.2, -0.15) is 0 Å². The van der Waals surface area contributed by atoms with Crippen molar-refractivity contribution in [1.29, 1.82) is 0 Å². The maximum absolute atomic E-state index is 5.89. The number of rotatable bonds is 4. The first-order valence-corrected chi connectivity index (χ1v) is 5.63. The number of hydrogen-bond acceptors (Lipinski definition) is 3. The molecule has 1 aromatic carbocycles. The topological polar surface area (TPSA) is 34.1 Å². The van der Waals surface area contributed by atoms with Gasteiger partial charge in [-0.25, -0.2) is 0 Å². The molecule has 3 heteroatoms. The highest BCUT2D eigenvalue weighted by Gasteiger charge is 2.05. The van der Waals surface area contributed by atoms with Gasteiger partial charge < -0.3 is 10.1 Å². The summed E-state index contributed by atoms with van der Waals surface area (Å²) in [5.41, 5.74) is 2.03. The van der Waals surface area contributed by atoms with Gasteiger partial charge in [0.05, 0.1) is 5.69 Å². The summed E-state index contributed by atoms with van der Waals surface area (Å²) in [6.07, 6.45) is 1.77. The molecule has 0 saturated carbocycles. The summed E-state index contributed by atoms with van der Waals surface area (Å²) in [5.74, 6) is 1.68. The van der Waals surface area contributed by atoms with Crippen molar-refractivity contribution in [2.45, 2.75) is 13.5 Å². The van der Waals surface area contributed by atoms with E-state index in [0.717, 1.165) is 29.3 Å². The Labute approximate surface area is 101 Å². The summed E-state index contributed by atoms with van der Waals surface area (Å²) in [7, 11) is 1.92. The molecular formula is C14H16N2O. The van der Waals surface area contributed by atoms with Crippen LogP contribution in [0.15, 0.2) is 42.6 Å². The lowest BCUT2D eigenvalue weighted by molar-refractivity contribution is 0.468. The average Bonchev–Trinajstić information content (AvgIpc) is 2.35. The van der Waals surface area contributed by atoms with E-state index in [4.69, 9.17) is 4.74 Å². The third kappa shape index (κ3) is 2.82. The van der Waals surface area contributed by atoms with Gasteiger partial charge in [0.25, 0.3) is 0 Å². The fraction of sp³-hybridized carbons (Fsp3) is 0.214. The van der Waals surface area contributed by atoms with Gasteiger partial charge in [-0.15, -0.1) is 0 Å². The number of nitrogens with zero attached hydrogens (tertiary/aromatic N) is 1. The largest absolute Gasteiger partial charge is 0.455 e. The van der Waals surface area contributed by atoms with E-state index in [2.05, 4.69) is 16.4 Å². The first-order chi connectivity index (χ1) is 8.31. The highest BCUT2D eigenvalue weighted by Crippen LogP contribution is 2.26. The van der Waals surface area contributed by atoms with Crippen LogP contribution in [-0.4, -0.2) is 12.0 Å². The number of ether oxygens (including phenoxy) is 1. The SMILES string of the molecule is CNCc1ccccc1Oc1cccnc1C. The lowest BCUT2D eigenvalue weighted by Crippen LogP contribution is -2.06. The van der Waals surface area contributed by atoms with E-state index in [1.165, 1.54) is 0 Å². The predicted octanol–water partition coefficient (Wildman–Crippen LogP) is 2.90. The Morgan fingerprint density at radius 1 is 1.12 bits per heavy atom. The summed E-state index contributed by atoms with van der Waals surface area (Å²) in [5, 5.41) is 3.13. The molecule has 88 valence electrons. The molecule has 0 aliphatic rings. The summed E-state index contributed by atoms with van der Waals surface area (Å²) >= 11 is 0. The van der Waals surface area contributed by atoms with E-state index >= 15 is 0 Å². The van der Waals surface area contributed by atoms with Crippen LogP contribution in [0.4, 0.5) is 0 Å². The van der Waals surface area contributed by atoms with Crippen LogP contribution in [0.3, 0.4) is 0 Å². The van der Waals surface area contributed by atoms with E-state index < -0.39 is 0 Å². The lowest BCUT2D eigenvalue weighted by atomic mass is 10.2. The average molecular weight is 228 g/mol. The van der Waals surface area contributed by atoms with E-state index in [1.54, 1.807) is 6.20 Å². The minimum Gasteiger partial charge on any atom is -0.455 e. The Kier molecular flexibility index (Phi) is 3.73. The van der Waals surface area contributed by atoms with Gasteiger partial charge in [-0.3, -0.25) is 4.98 Å². The third-order valence-corrected chi connectivity index (χ3v) is 2.52. The van der Waals surface area contributed by atoms with Gasteiger partial charge in [-0.05, 0) is 32.2 Å². The monoisotopic (exact) mass is 228 g/mol. The zero-order valence-corrected chi connectivity index (χ0v) is 10.1. The van der Waals surface area contributed by atoms with Crippen LogP contribution >= 0.6 is 0 Å². The maximum Gasteiger partial charge on any atom is 0.148 e. The minimum absolute atomic E-state index is 0.787. The second-order valence-corrected chi connectivity index (χ2v) is 3.83. The molecular weight excluding hydrogens is 212 g/mol. The number of aromatic nitrogens is 1. The number of pyridine rings is 1. The van der Waals surface area contributed by atoms with Gasteiger partial charge in [-0.1, -0.05) is 18.2 Å². The molecule has 0 amide bonds. The first-order valence-electron chi connectivity index (χ1n) is 5.63. The van der Waals surface area contributed by atoms with Crippen LogP contribution in [-0.2, 0) is 6.54 Å². The number of nitrogens with one attached hydrogen (secondary N) is 1. The smallest absolute Gasteiger partial charge is 0.148 e. The van der Waals surface area contributed by atoms with Crippen molar-refractivity contribution in [3.63, 3.8) is 0 Å². The molecule has 0 spiro atoms. The fourth-order valence-electron chi connectivity index (χ4n) is 1.64. The third-order valence-electron chi connectivity index (χ3n) is 2.52. The lowest BCUT2D eigenvalue weighted by Gasteiger charge is -2.11. The molecule has 1 N–H and O–H groups in total. The summed E-state index contributed by atoms with van der Waals surface area (Å²) in [4.78, 5) is 4.21. The van der Waals surface area contributed by atoms with Crippen LogP contribution in [0.2, 0.25) is 0 Å². The normalized spacial score (nSPS) is 10.2. The van der Waals surface area contributed by atoms with Crippen molar-refractivity contribution in [2.75, 3.05) is 7.05 Å². The van der Waals surface area contributed by atoms with Gasteiger partial charge in [0.2, 0.25) is 0 Å². The molecule has 2 rings (SSSR count). The summed E-state index contributed by atoms with van der Waals surface area (Å²) in [6, 6.07) is 11.8. The second-order valence-electron chi connectivity index (χ2n) is 3.83. The Bertz CT molecular complexity index is 497. The van der Waals surface area contributed by atoms with Gasteiger partial charge in [0.1, 0.15) is 11.5 Å². The predicted molar refractivity (Wildman–Crippen MR) is 68.3 cm³/mol. The van der Waals surface area contributed by atoms with Crippen molar-refractivity contribution in [3.05, 3.63) is 53.9 Å². The van der Waals surface area contributed by atoms with E-state index in [0.29, 0.717) is 0 Å². The van der Waals surface area contributed by atoms with Crippen molar-refractivity contribution in [2.24, 2.45) is 0 Å². The van der Waals surface area contributed by atoms with Crippen LogP contribution < -0.4 is 10.1 Å². The van der Waals surface area contributed by atoms with Crippen LogP contribution in [0.1, 0.15) is 11.3 Å². The number of aryl methyl sites for hydroxylation is 1. The van der Waals surface area contributed by atoms with Crippen molar-refractivity contribution in [1.82, 2.24) is 10.3 Å². The zero-order valence-electron chi connectivity index (χ0n) is 10.1. The van der Waals surface area contributed by atoms with Gasteiger partial charge in [0, 0.05) is 18.3 Å². The van der Waals surface area contributed by atoms with Crippen molar-refractivity contribution >= 4 is 0 Å². The molecule has 1 heterocycles. The van der Waals surface area contributed by atoms with E-state index in [1.807, 2.05) is 44.3 Å². The molecule has 0 bridgehead atoms. The number of hydrogen-bond donors (Lipinski definition) is 1. The summed E-state index contributed by atoms with van der Waals surface area (Å²) in [6.45, 7) is 2.73. The Balaban J connectivity index is 2.27. The molecule has 0 aliphatic heterocycles. The highest BCUT2D eigenvalue weighted by molar-refractivity contribution is 5.38. The second kappa shape index (κ2) is 5.46. The van der Waals surface area contributed by atoms with Gasteiger partial charge >= 0.3 is 0 Å². The van der Waals surface area contributed by atoms with Crippen molar-refractivity contribution in [3.8, 4) is 11.5 Å². The molecule has 0 atom stereocenters. The molecule has 0 aliphatic carbocycles. The number of para-hydroxylation sites is 1. The molecule has 2 aromatic rings. The van der Waals surface area contributed by atoms with Crippen LogP contribution in [0, 0.1) is 6.92 Å². The highest BCUT2D eigenvalue weighted by atomic mass is 16.5. The van der Waals surface area contributed by atoms with Gasteiger partial charge in [0.15, 0.2) is 0 Å². The molecule has 0 fully saturated rings. The molecule has 3 nitrogen and oxygen atoms in total. The summed E-state index contributed by atoms with van der Waals surface area (Å²) < 4.78 is 5.89. The Morgan fingerprint density at radius 2 is 1.88 bits per heavy atom. The Hall–Kier alpha value is -1.87. The molecule has 1 aromatic heterocycles. The van der Waals surface area contributed by atoms with Crippen molar-refractivity contribution < 1.29 is 4.74 Å². The fourth-order valence-corrected chi connectivity index (χ4v) is 1.64.